The second-order valence-electron chi connectivity index (χ2n) is 0.970. The Hall–Kier alpha value is -0.0900. The van der Waals surface area contributed by atoms with Gasteiger partial charge in [-0.05, 0) is 0 Å². The Morgan fingerprint density at radius 3 is 2.00 bits per heavy atom. The van der Waals surface area contributed by atoms with Crippen LogP contribution in [-0.2, 0) is 9.59 Å². The number of carboxylic acids is 1. The van der Waals surface area contributed by atoms with Crippen LogP contribution in [0.3, 0.4) is 0 Å². The van der Waals surface area contributed by atoms with E-state index in [0.29, 0.717) is 0 Å². The highest BCUT2D eigenvalue weighted by Crippen LogP contribution is 2.04. The van der Waals surface area contributed by atoms with E-state index in [2.05, 4.69) is 15.9 Å². The Balaban J connectivity index is 3.84. The molecule has 0 amide bonds. The summed E-state index contributed by atoms with van der Waals surface area (Å²) in [5.41, 5.74) is 0. The van der Waals surface area contributed by atoms with Crippen LogP contribution in [0.4, 0.5) is 0 Å². The van der Waals surface area contributed by atoms with E-state index in [1.807, 2.05) is 0 Å². The molecule has 0 aliphatic heterocycles. The van der Waals surface area contributed by atoms with Crippen molar-refractivity contribution >= 4 is 39.3 Å². The van der Waals surface area contributed by atoms with Crippen molar-refractivity contribution in [1.29, 1.82) is 0 Å². The third-order valence-electron chi connectivity index (χ3n) is 0.409. The van der Waals surface area contributed by atoms with Crippen molar-refractivity contribution in [3.63, 3.8) is 0 Å². The van der Waals surface area contributed by atoms with Gasteiger partial charge in [-0.2, -0.15) is 0 Å². The van der Waals surface area contributed by atoms with E-state index in [4.69, 9.17) is 16.7 Å². The zero-order chi connectivity index (χ0) is 6.73. The number of hydrogen-bond acceptors (Lipinski definition) is 2. The fourth-order valence-corrected chi connectivity index (χ4v) is 0.383. The zero-order valence-electron chi connectivity index (χ0n) is 3.60. The lowest BCUT2D eigenvalue weighted by Crippen LogP contribution is -2.18. The quantitative estimate of drug-likeness (QED) is 0.526. The number of carbonyl (C=O) groups is 2. The molecule has 0 rings (SSSR count). The maximum Gasteiger partial charge on any atom is 0.374 e. The van der Waals surface area contributed by atoms with Gasteiger partial charge in [0.2, 0.25) is 0 Å². The van der Waals surface area contributed by atoms with Crippen LogP contribution in [-0.4, -0.2) is 21.1 Å². The van der Waals surface area contributed by atoms with Crippen LogP contribution in [0.5, 0.6) is 0 Å². The van der Waals surface area contributed by atoms with Gasteiger partial charge in [-0.3, -0.25) is 4.79 Å². The molecule has 8 heavy (non-hydrogen) atoms. The minimum atomic E-state index is -1.53. The number of halogens is 2. The summed E-state index contributed by atoms with van der Waals surface area (Å²) in [5.74, 6) is -2.58. The first-order valence-electron chi connectivity index (χ1n) is 1.61. The van der Waals surface area contributed by atoms with E-state index in [1.165, 1.54) is 0 Å². The molecule has 0 saturated heterocycles. The van der Waals surface area contributed by atoms with Gasteiger partial charge in [-0.15, -0.1) is 11.6 Å². The Morgan fingerprint density at radius 2 is 2.00 bits per heavy atom. The molecule has 1 N–H and O–H groups in total. The van der Waals surface area contributed by atoms with Crippen molar-refractivity contribution in [2.45, 2.75) is 4.29 Å². The third kappa shape index (κ3) is 2.28. The van der Waals surface area contributed by atoms with Crippen molar-refractivity contribution in [3.05, 3.63) is 0 Å². The normalized spacial score (nSPS) is 12.8. The fraction of sp³-hybridized carbons (Fsp3) is 0.333. The summed E-state index contributed by atoms with van der Waals surface area (Å²) in [6.07, 6.45) is 0. The van der Waals surface area contributed by atoms with Gasteiger partial charge in [-0.25, -0.2) is 4.79 Å². The maximum absolute atomic E-state index is 10.1. The predicted molar refractivity (Wildman–Crippen MR) is 31.2 cm³/mol. The van der Waals surface area contributed by atoms with E-state index in [1.54, 1.807) is 0 Å². The molecule has 0 spiro atoms. The van der Waals surface area contributed by atoms with Crippen molar-refractivity contribution in [2.24, 2.45) is 0 Å². The van der Waals surface area contributed by atoms with Crippen LogP contribution in [0, 0.1) is 0 Å². The molecule has 0 aromatic carbocycles. The SMILES string of the molecule is O=C(O)C(=O)[C@H](Cl)Br. The number of carbonyl (C=O) groups excluding carboxylic acids is 1. The predicted octanol–water partition coefficient (Wildman–Crippen LogP) is 0.600. The van der Waals surface area contributed by atoms with Gasteiger partial charge in [0.05, 0.1) is 0 Å². The Bertz CT molecular complexity index is 122. The molecule has 0 aliphatic rings. The molecule has 0 bridgehead atoms. The van der Waals surface area contributed by atoms with Crippen molar-refractivity contribution in [1.82, 2.24) is 0 Å². The highest BCUT2D eigenvalue weighted by atomic mass is 79.9. The van der Waals surface area contributed by atoms with Gasteiger partial charge in [0, 0.05) is 0 Å². The van der Waals surface area contributed by atoms with Crippen molar-refractivity contribution in [2.75, 3.05) is 0 Å². The van der Waals surface area contributed by atoms with Crippen molar-refractivity contribution in [3.8, 4) is 0 Å². The van der Waals surface area contributed by atoms with Crippen LogP contribution >= 0.6 is 27.5 Å². The minimum Gasteiger partial charge on any atom is -0.475 e. The molecule has 1 atom stereocenters. The molecular weight excluding hydrogens is 199 g/mol. The molecule has 0 aliphatic carbocycles. The van der Waals surface area contributed by atoms with E-state index >= 15 is 0 Å². The lowest BCUT2D eigenvalue weighted by atomic mass is 10.5. The summed E-state index contributed by atoms with van der Waals surface area (Å²) in [7, 11) is 0. The summed E-state index contributed by atoms with van der Waals surface area (Å²) in [6.45, 7) is 0. The molecule has 0 unspecified atom stereocenters. The molecule has 0 aromatic rings. The standard InChI is InChI=1S/C3H2BrClO3/c4-2(5)1(6)3(7)8/h2H,(H,7,8)/t2-/m0/s1. The van der Waals surface area contributed by atoms with Crippen LogP contribution < -0.4 is 0 Å². The largest absolute Gasteiger partial charge is 0.475 e. The third-order valence-corrected chi connectivity index (χ3v) is 1.02. The average Bonchev–Trinajstić information content (AvgIpc) is 1.64. The molecular formula is C3H2BrClO3. The molecule has 46 valence electrons. The number of alkyl halides is 2. The number of hydrogen-bond donors (Lipinski definition) is 1. The van der Waals surface area contributed by atoms with Crippen LogP contribution in [0.1, 0.15) is 0 Å². The minimum absolute atomic E-state index is 1.05. The second-order valence-corrected chi connectivity index (χ2v) is 2.85. The summed E-state index contributed by atoms with van der Waals surface area (Å²) in [6, 6.07) is 0. The lowest BCUT2D eigenvalue weighted by molar-refractivity contribution is -0.148. The van der Waals surface area contributed by atoms with Gasteiger partial charge in [0.1, 0.15) is 0 Å². The molecule has 0 fully saturated rings. The Labute approximate surface area is 58.8 Å². The second kappa shape index (κ2) is 3.04. The maximum atomic E-state index is 10.1. The van der Waals surface area contributed by atoms with Crippen LogP contribution in [0.2, 0.25) is 0 Å². The van der Waals surface area contributed by atoms with Gasteiger partial charge < -0.3 is 5.11 Å². The summed E-state index contributed by atoms with van der Waals surface area (Å²) in [5, 5.41) is 7.89. The fourth-order valence-electron chi connectivity index (χ4n) is 0.0933. The van der Waals surface area contributed by atoms with Gasteiger partial charge in [0.25, 0.3) is 5.78 Å². The number of ketones is 1. The average molecular weight is 201 g/mol. The number of aliphatic carboxylic acids is 1. The monoisotopic (exact) mass is 200 g/mol. The Morgan fingerprint density at radius 1 is 1.62 bits per heavy atom. The Kier molecular flexibility index (Phi) is 3.01. The number of Topliss-reactive ketones (excluding diaryl/α,β-unsaturated/α-hetero) is 1. The molecule has 0 radical (unpaired) electrons. The van der Waals surface area contributed by atoms with E-state index in [-0.39, 0.29) is 0 Å². The first-order chi connectivity index (χ1) is 3.55. The van der Waals surface area contributed by atoms with E-state index in [0.717, 1.165) is 0 Å². The molecule has 0 aromatic heterocycles. The highest BCUT2D eigenvalue weighted by Gasteiger charge is 2.18. The van der Waals surface area contributed by atoms with Gasteiger partial charge in [0.15, 0.2) is 4.29 Å². The number of rotatable bonds is 2. The van der Waals surface area contributed by atoms with Crippen LogP contribution in [0.25, 0.3) is 0 Å². The van der Waals surface area contributed by atoms with Crippen molar-refractivity contribution < 1.29 is 14.7 Å². The topological polar surface area (TPSA) is 54.4 Å². The van der Waals surface area contributed by atoms with Gasteiger partial charge >= 0.3 is 5.97 Å². The van der Waals surface area contributed by atoms with E-state index in [9.17, 15) is 9.59 Å². The molecule has 0 heterocycles. The summed E-state index contributed by atoms with van der Waals surface area (Å²) in [4.78, 5) is 19.7. The lowest BCUT2D eigenvalue weighted by Gasteiger charge is -1.89. The van der Waals surface area contributed by atoms with Gasteiger partial charge in [-0.1, -0.05) is 15.9 Å². The number of carboxylic acid groups (broad SMARTS) is 1. The van der Waals surface area contributed by atoms with E-state index < -0.39 is 16.0 Å². The zero-order valence-corrected chi connectivity index (χ0v) is 5.94. The first kappa shape index (κ1) is 7.91. The molecule has 0 saturated carbocycles. The highest BCUT2D eigenvalue weighted by molar-refractivity contribution is 9.10. The first-order valence-corrected chi connectivity index (χ1v) is 2.96. The smallest absolute Gasteiger partial charge is 0.374 e. The summed E-state index contributed by atoms with van der Waals surface area (Å²) < 4.78 is -1.11. The molecule has 3 nitrogen and oxygen atoms in total. The molecule has 5 heteroatoms. The van der Waals surface area contributed by atoms with Crippen LogP contribution in [0.15, 0.2) is 0 Å². The summed E-state index contributed by atoms with van der Waals surface area (Å²) >= 11 is 7.58.